The highest BCUT2D eigenvalue weighted by Gasteiger charge is 2.18. The quantitative estimate of drug-likeness (QED) is 0.468. The number of rotatable bonds is 3. The standard InChI is InChI=1S/C12H8Br2O4/c1-17-12(16)6-2-3-8-7(4-6)5-9(18-8)10(15)11(13)14/h2-5,11H,1H3. The normalized spacial score (nSPS) is 10.9. The topological polar surface area (TPSA) is 56.5 Å². The number of fused-ring (bicyclic) bond motifs is 1. The van der Waals surface area contributed by atoms with Gasteiger partial charge in [-0.1, -0.05) is 31.9 Å². The van der Waals surface area contributed by atoms with E-state index in [0.717, 1.165) is 0 Å². The van der Waals surface area contributed by atoms with E-state index >= 15 is 0 Å². The zero-order valence-corrected chi connectivity index (χ0v) is 12.4. The van der Waals surface area contributed by atoms with Crippen molar-refractivity contribution >= 4 is 54.6 Å². The summed E-state index contributed by atoms with van der Waals surface area (Å²) in [6.45, 7) is 0. The van der Waals surface area contributed by atoms with E-state index < -0.39 is 9.71 Å². The second-order valence-electron chi connectivity index (χ2n) is 3.52. The number of halogens is 2. The van der Waals surface area contributed by atoms with Crippen LogP contribution in [0.25, 0.3) is 11.0 Å². The molecular weight excluding hydrogens is 368 g/mol. The van der Waals surface area contributed by atoms with Crippen molar-refractivity contribution < 1.29 is 18.7 Å². The minimum Gasteiger partial charge on any atom is -0.465 e. The number of Topliss-reactive ketones (excluding diaryl/α,β-unsaturated/α-hetero) is 1. The first kappa shape index (κ1) is 13.3. The number of carbonyl (C=O) groups excluding carboxylic acids is 2. The molecule has 0 saturated carbocycles. The van der Waals surface area contributed by atoms with Crippen LogP contribution < -0.4 is 0 Å². The monoisotopic (exact) mass is 374 g/mol. The lowest BCUT2D eigenvalue weighted by Crippen LogP contribution is -2.04. The summed E-state index contributed by atoms with van der Waals surface area (Å²) in [7, 11) is 1.32. The van der Waals surface area contributed by atoms with Crippen molar-refractivity contribution in [1.29, 1.82) is 0 Å². The smallest absolute Gasteiger partial charge is 0.337 e. The fourth-order valence-corrected chi connectivity index (χ4v) is 1.97. The van der Waals surface area contributed by atoms with Gasteiger partial charge in [0.25, 0.3) is 0 Å². The molecule has 0 fully saturated rings. The van der Waals surface area contributed by atoms with E-state index in [4.69, 9.17) is 4.42 Å². The largest absolute Gasteiger partial charge is 0.465 e. The molecule has 94 valence electrons. The van der Waals surface area contributed by atoms with Crippen molar-refractivity contribution in [2.45, 2.75) is 3.74 Å². The zero-order chi connectivity index (χ0) is 13.3. The van der Waals surface area contributed by atoms with E-state index in [9.17, 15) is 9.59 Å². The Bertz CT molecular complexity index is 616. The molecule has 0 aliphatic carbocycles. The van der Waals surface area contributed by atoms with Crippen LogP contribution in [0.5, 0.6) is 0 Å². The van der Waals surface area contributed by atoms with Gasteiger partial charge in [-0.15, -0.1) is 0 Å². The summed E-state index contributed by atoms with van der Waals surface area (Å²) in [6, 6.07) is 6.44. The minimum atomic E-state index is -0.495. The third-order valence-corrected chi connectivity index (χ3v) is 3.21. The molecule has 0 N–H and O–H groups in total. The second-order valence-corrected chi connectivity index (χ2v) is 6.58. The molecule has 0 aliphatic rings. The van der Waals surface area contributed by atoms with E-state index in [-0.39, 0.29) is 11.5 Å². The number of esters is 1. The molecule has 0 bridgehead atoms. The third kappa shape index (κ3) is 2.49. The van der Waals surface area contributed by atoms with Crippen molar-refractivity contribution in [2.24, 2.45) is 0 Å². The summed E-state index contributed by atoms with van der Waals surface area (Å²) < 4.78 is 9.53. The minimum absolute atomic E-state index is 0.217. The van der Waals surface area contributed by atoms with Gasteiger partial charge in [0.05, 0.1) is 12.7 Å². The Kier molecular flexibility index (Phi) is 3.87. The maximum absolute atomic E-state index is 11.7. The number of methoxy groups -OCH3 is 1. The maximum atomic E-state index is 11.7. The molecule has 18 heavy (non-hydrogen) atoms. The highest BCUT2D eigenvalue weighted by atomic mass is 79.9. The van der Waals surface area contributed by atoms with Crippen molar-refractivity contribution in [3.8, 4) is 0 Å². The Balaban J connectivity index is 2.46. The van der Waals surface area contributed by atoms with Gasteiger partial charge in [-0.2, -0.15) is 0 Å². The van der Waals surface area contributed by atoms with Crippen LogP contribution in [0.2, 0.25) is 0 Å². The van der Waals surface area contributed by atoms with Gasteiger partial charge in [0.2, 0.25) is 5.78 Å². The molecule has 0 amide bonds. The lowest BCUT2D eigenvalue weighted by molar-refractivity contribution is 0.0601. The van der Waals surface area contributed by atoms with Gasteiger partial charge in [-0.05, 0) is 24.3 Å². The zero-order valence-electron chi connectivity index (χ0n) is 9.28. The summed E-state index contributed by atoms with van der Waals surface area (Å²) in [5.41, 5.74) is 0.964. The molecule has 2 rings (SSSR count). The van der Waals surface area contributed by atoms with Gasteiger partial charge < -0.3 is 9.15 Å². The SMILES string of the molecule is COC(=O)c1ccc2oc(C(=O)C(Br)Br)cc2c1. The number of ether oxygens (including phenoxy) is 1. The Labute approximate surface area is 120 Å². The molecule has 2 aromatic rings. The average molecular weight is 376 g/mol. The number of hydrogen-bond donors (Lipinski definition) is 0. The van der Waals surface area contributed by atoms with Crippen LogP contribution in [0.15, 0.2) is 28.7 Å². The third-order valence-electron chi connectivity index (χ3n) is 2.38. The van der Waals surface area contributed by atoms with E-state index in [1.165, 1.54) is 7.11 Å². The fourth-order valence-electron chi connectivity index (χ4n) is 1.52. The Morgan fingerprint density at radius 1 is 1.28 bits per heavy atom. The fraction of sp³-hybridized carbons (Fsp3) is 0.167. The average Bonchev–Trinajstić information content (AvgIpc) is 2.79. The van der Waals surface area contributed by atoms with Crippen LogP contribution in [0.3, 0.4) is 0 Å². The van der Waals surface area contributed by atoms with Gasteiger partial charge >= 0.3 is 5.97 Å². The molecular formula is C12H8Br2O4. The first-order chi connectivity index (χ1) is 8.52. The summed E-state index contributed by atoms with van der Waals surface area (Å²) in [5.74, 6) is -0.415. The summed E-state index contributed by atoms with van der Waals surface area (Å²) in [6.07, 6.45) is 0. The molecule has 0 saturated heterocycles. The van der Waals surface area contributed by atoms with Crippen LogP contribution in [-0.2, 0) is 4.74 Å². The predicted octanol–water partition coefficient (Wildman–Crippen LogP) is 3.52. The lowest BCUT2D eigenvalue weighted by atomic mass is 10.1. The molecule has 1 aromatic carbocycles. The van der Waals surface area contributed by atoms with Crippen LogP contribution in [0.1, 0.15) is 20.9 Å². The summed E-state index contributed by atoms with van der Waals surface area (Å²) in [4.78, 5) is 23.1. The van der Waals surface area contributed by atoms with Crippen molar-refractivity contribution in [2.75, 3.05) is 7.11 Å². The number of ketones is 1. The van der Waals surface area contributed by atoms with Crippen molar-refractivity contribution in [1.82, 2.24) is 0 Å². The van der Waals surface area contributed by atoms with Crippen molar-refractivity contribution in [3.05, 3.63) is 35.6 Å². The van der Waals surface area contributed by atoms with Gasteiger partial charge in [0.1, 0.15) is 9.32 Å². The highest BCUT2D eigenvalue weighted by molar-refractivity contribution is 9.25. The van der Waals surface area contributed by atoms with E-state index in [1.54, 1.807) is 24.3 Å². The maximum Gasteiger partial charge on any atom is 0.337 e. The summed E-state index contributed by atoms with van der Waals surface area (Å²) >= 11 is 6.23. The number of alkyl halides is 2. The molecule has 4 nitrogen and oxygen atoms in total. The summed E-state index contributed by atoms with van der Waals surface area (Å²) in [5, 5.41) is 0.682. The highest BCUT2D eigenvalue weighted by Crippen LogP contribution is 2.24. The molecule has 0 spiro atoms. The number of furan rings is 1. The predicted molar refractivity (Wildman–Crippen MR) is 73.5 cm³/mol. The molecule has 0 unspecified atom stereocenters. The van der Waals surface area contributed by atoms with Crippen LogP contribution in [0, 0.1) is 0 Å². The van der Waals surface area contributed by atoms with Gasteiger partial charge in [-0.25, -0.2) is 4.79 Å². The molecule has 0 aliphatic heterocycles. The molecule has 1 heterocycles. The Morgan fingerprint density at radius 2 is 2.00 bits per heavy atom. The van der Waals surface area contributed by atoms with Gasteiger partial charge in [-0.3, -0.25) is 4.79 Å². The first-order valence-corrected chi connectivity index (χ1v) is 6.80. The number of benzene rings is 1. The van der Waals surface area contributed by atoms with E-state index in [2.05, 4.69) is 36.6 Å². The van der Waals surface area contributed by atoms with Crippen LogP contribution >= 0.6 is 31.9 Å². The van der Waals surface area contributed by atoms with Crippen LogP contribution in [-0.4, -0.2) is 22.6 Å². The van der Waals surface area contributed by atoms with Crippen molar-refractivity contribution in [3.63, 3.8) is 0 Å². The second kappa shape index (κ2) is 5.24. The van der Waals surface area contributed by atoms with E-state index in [1.807, 2.05) is 0 Å². The molecule has 6 heteroatoms. The Morgan fingerprint density at radius 3 is 2.61 bits per heavy atom. The first-order valence-electron chi connectivity index (χ1n) is 4.97. The number of carbonyl (C=O) groups is 2. The Hall–Kier alpha value is -1.14. The lowest BCUT2D eigenvalue weighted by Gasteiger charge is -1.97. The molecule has 0 radical (unpaired) electrons. The van der Waals surface area contributed by atoms with Gasteiger partial charge in [0, 0.05) is 5.39 Å². The van der Waals surface area contributed by atoms with Gasteiger partial charge in [0.15, 0.2) is 5.76 Å². The van der Waals surface area contributed by atoms with Crippen LogP contribution in [0.4, 0.5) is 0 Å². The number of hydrogen-bond acceptors (Lipinski definition) is 4. The van der Waals surface area contributed by atoms with E-state index in [0.29, 0.717) is 16.5 Å². The molecule has 0 atom stereocenters. The molecule has 1 aromatic heterocycles.